The lowest BCUT2D eigenvalue weighted by molar-refractivity contribution is 0.414. The largest absolute Gasteiger partial charge is 0.497 e. The predicted molar refractivity (Wildman–Crippen MR) is 68.8 cm³/mol. The molecule has 0 fully saturated rings. The van der Waals surface area contributed by atoms with Crippen LogP contribution in [0.15, 0.2) is 24.3 Å². The van der Waals surface area contributed by atoms with Crippen LogP contribution < -0.4 is 4.74 Å². The van der Waals surface area contributed by atoms with Crippen LogP contribution in [0.25, 0.3) is 0 Å². The molecule has 4 heteroatoms. The Hall–Kier alpha value is -1.84. The van der Waals surface area contributed by atoms with E-state index in [4.69, 9.17) is 4.74 Å². The lowest BCUT2D eigenvalue weighted by Crippen LogP contribution is -2.13. The second-order valence-corrected chi connectivity index (χ2v) is 4.67. The Morgan fingerprint density at radius 2 is 2.22 bits per heavy atom. The molecule has 0 bridgehead atoms. The molecular weight excluding hydrogens is 226 g/mol. The van der Waals surface area contributed by atoms with Crippen molar-refractivity contribution in [3.63, 3.8) is 0 Å². The number of fused-ring (bicyclic) bond motifs is 1. The van der Waals surface area contributed by atoms with Gasteiger partial charge < -0.3 is 9.30 Å². The van der Waals surface area contributed by atoms with Crippen molar-refractivity contribution in [2.45, 2.75) is 32.2 Å². The molecule has 1 aliphatic rings. The number of ether oxygens (including phenoxy) is 1. The summed E-state index contributed by atoms with van der Waals surface area (Å²) in [5.74, 6) is 3.10. The van der Waals surface area contributed by atoms with Gasteiger partial charge in [0.1, 0.15) is 17.4 Å². The van der Waals surface area contributed by atoms with Crippen LogP contribution in [-0.4, -0.2) is 21.9 Å². The van der Waals surface area contributed by atoms with Gasteiger partial charge in [-0.15, -0.1) is 10.2 Å². The highest BCUT2D eigenvalue weighted by molar-refractivity contribution is 5.30. The van der Waals surface area contributed by atoms with Crippen LogP contribution in [0.4, 0.5) is 0 Å². The average molecular weight is 243 g/mol. The van der Waals surface area contributed by atoms with E-state index in [1.54, 1.807) is 7.11 Å². The van der Waals surface area contributed by atoms with Crippen LogP contribution in [0.5, 0.6) is 5.75 Å². The van der Waals surface area contributed by atoms with Crippen molar-refractivity contribution in [1.82, 2.24) is 14.8 Å². The molecule has 18 heavy (non-hydrogen) atoms. The summed E-state index contributed by atoms with van der Waals surface area (Å²) in [5.41, 5.74) is 1.22. The third-order valence-electron chi connectivity index (χ3n) is 3.43. The molecule has 0 N–H and O–H groups in total. The molecule has 0 saturated heterocycles. The molecule has 0 spiro atoms. The Morgan fingerprint density at radius 1 is 1.28 bits per heavy atom. The lowest BCUT2D eigenvalue weighted by Gasteiger charge is -2.14. The molecule has 0 unspecified atom stereocenters. The monoisotopic (exact) mass is 243 g/mol. The minimum Gasteiger partial charge on any atom is -0.497 e. The van der Waals surface area contributed by atoms with Crippen LogP contribution in [0.3, 0.4) is 0 Å². The van der Waals surface area contributed by atoms with E-state index < -0.39 is 0 Å². The quantitative estimate of drug-likeness (QED) is 0.829. The lowest BCUT2D eigenvalue weighted by atomic mass is 10.1. The molecular formula is C14H17N3O. The number of aromatic nitrogens is 3. The zero-order valence-corrected chi connectivity index (χ0v) is 10.6. The molecule has 1 aliphatic heterocycles. The van der Waals surface area contributed by atoms with Crippen LogP contribution in [0.2, 0.25) is 0 Å². The summed E-state index contributed by atoms with van der Waals surface area (Å²) in [6.45, 7) is 1.06. The van der Waals surface area contributed by atoms with Crippen molar-refractivity contribution in [3.8, 4) is 5.75 Å². The third kappa shape index (κ3) is 2.10. The van der Waals surface area contributed by atoms with Crippen LogP contribution in [0, 0.1) is 0 Å². The van der Waals surface area contributed by atoms with Gasteiger partial charge in [-0.25, -0.2) is 0 Å². The SMILES string of the molecule is COc1cccc(Cc2nnc3n2CCCC3)c1. The zero-order chi connectivity index (χ0) is 12.4. The van der Waals surface area contributed by atoms with E-state index in [1.807, 2.05) is 12.1 Å². The summed E-state index contributed by atoms with van der Waals surface area (Å²) in [6.07, 6.45) is 4.35. The van der Waals surface area contributed by atoms with Crippen LogP contribution in [-0.2, 0) is 19.4 Å². The molecule has 3 rings (SSSR count). The molecule has 0 aliphatic carbocycles. The Balaban J connectivity index is 1.85. The Morgan fingerprint density at radius 3 is 3.11 bits per heavy atom. The van der Waals surface area contributed by atoms with Crippen molar-refractivity contribution in [2.75, 3.05) is 7.11 Å². The van der Waals surface area contributed by atoms with Gasteiger partial charge in [-0.05, 0) is 30.5 Å². The second-order valence-electron chi connectivity index (χ2n) is 4.67. The van der Waals surface area contributed by atoms with Gasteiger partial charge in [0, 0.05) is 19.4 Å². The summed E-state index contributed by atoms with van der Waals surface area (Å²) in [6, 6.07) is 8.14. The average Bonchev–Trinajstić information content (AvgIpc) is 2.83. The maximum absolute atomic E-state index is 5.24. The Labute approximate surface area is 107 Å². The molecule has 0 saturated carbocycles. The maximum atomic E-state index is 5.24. The third-order valence-corrected chi connectivity index (χ3v) is 3.43. The van der Waals surface area contributed by atoms with E-state index in [-0.39, 0.29) is 0 Å². The molecule has 0 amide bonds. The van der Waals surface area contributed by atoms with Crippen molar-refractivity contribution >= 4 is 0 Å². The first-order valence-electron chi connectivity index (χ1n) is 6.41. The highest BCUT2D eigenvalue weighted by atomic mass is 16.5. The van der Waals surface area contributed by atoms with Gasteiger partial charge in [-0.3, -0.25) is 0 Å². The fourth-order valence-corrected chi connectivity index (χ4v) is 2.46. The Bertz CT molecular complexity index is 548. The molecule has 0 radical (unpaired) electrons. The van der Waals surface area contributed by atoms with E-state index >= 15 is 0 Å². The normalized spacial score (nSPS) is 14.3. The first-order valence-corrected chi connectivity index (χ1v) is 6.41. The predicted octanol–water partition coefficient (Wildman–Crippen LogP) is 2.21. The molecule has 2 heterocycles. The van der Waals surface area contributed by atoms with Crippen molar-refractivity contribution < 1.29 is 4.74 Å². The minimum absolute atomic E-state index is 0.824. The smallest absolute Gasteiger partial charge is 0.137 e. The van der Waals surface area contributed by atoms with Gasteiger partial charge in [0.05, 0.1) is 7.11 Å². The zero-order valence-electron chi connectivity index (χ0n) is 10.6. The van der Waals surface area contributed by atoms with Crippen molar-refractivity contribution in [3.05, 3.63) is 41.5 Å². The fraction of sp³-hybridized carbons (Fsp3) is 0.429. The van der Waals surface area contributed by atoms with Gasteiger partial charge in [-0.2, -0.15) is 0 Å². The van der Waals surface area contributed by atoms with Crippen molar-refractivity contribution in [2.24, 2.45) is 0 Å². The van der Waals surface area contributed by atoms with Gasteiger partial charge in [-0.1, -0.05) is 12.1 Å². The van der Waals surface area contributed by atoms with E-state index in [9.17, 15) is 0 Å². The molecule has 0 atom stereocenters. The highest BCUT2D eigenvalue weighted by Crippen LogP contribution is 2.19. The Kier molecular flexibility index (Phi) is 3.00. The van der Waals surface area contributed by atoms with E-state index in [0.29, 0.717) is 0 Å². The number of benzene rings is 1. The first kappa shape index (κ1) is 11.3. The first-order chi connectivity index (χ1) is 8.86. The summed E-state index contributed by atoms with van der Waals surface area (Å²) >= 11 is 0. The van der Waals surface area contributed by atoms with Gasteiger partial charge in [0.15, 0.2) is 0 Å². The molecule has 4 nitrogen and oxygen atoms in total. The van der Waals surface area contributed by atoms with Gasteiger partial charge >= 0.3 is 0 Å². The number of hydrogen-bond acceptors (Lipinski definition) is 3. The second kappa shape index (κ2) is 4.80. The highest BCUT2D eigenvalue weighted by Gasteiger charge is 2.15. The van der Waals surface area contributed by atoms with Gasteiger partial charge in [0.2, 0.25) is 0 Å². The minimum atomic E-state index is 0.824. The van der Waals surface area contributed by atoms with Crippen molar-refractivity contribution in [1.29, 1.82) is 0 Å². The standard InChI is InChI=1S/C14H17N3O/c1-18-12-6-4-5-11(9-12)10-14-16-15-13-7-2-3-8-17(13)14/h4-6,9H,2-3,7-8,10H2,1H3. The summed E-state index contributed by atoms with van der Waals surface area (Å²) in [4.78, 5) is 0. The topological polar surface area (TPSA) is 39.9 Å². The van der Waals surface area contributed by atoms with Crippen LogP contribution in [0.1, 0.15) is 30.1 Å². The van der Waals surface area contributed by atoms with E-state index in [2.05, 4.69) is 26.9 Å². The van der Waals surface area contributed by atoms with E-state index in [0.717, 1.165) is 36.8 Å². The number of rotatable bonds is 3. The molecule has 1 aromatic heterocycles. The fourth-order valence-electron chi connectivity index (χ4n) is 2.46. The molecule has 94 valence electrons. The van der Waals surface area contributed by atoms with Crippen LogP contribution >= 0.6 is 0 Å². The number of aryl methyl sites for hydroxylation is 1. The maximum Gasteiger partial charge on any atom is 0.137 e. The van der Waals surface area contributed by atoms with E-state index in [1.165, 1.54) is 18.4 Å². The summed E-state index contributed by atoms with van der Waals surface area (Å²) in [5, 5.41) is 8.60. The number of methoxy groups -OCH3 is 1. The molecule has 1 aromatic carbocycles. The number of nitrogens with zero attached hydrogens (tertiary/aromatic N) is 3. The van der Waals surface area contributed by atoms with Gasteiger partial charge in [0.25, 0.3) is 0 Å². The summed E-state index contributed by atoms with van der Waals surface area (Å²) in [7, 11) is 1.69. The summed E-state index contributed by atoms with van der Waals surface area (Å²) < 4.78 is 7.51. The molecule has 2 aromatic rings. The number of hydrogen-bond donors (Lipinski definition) is 0.